The van der Waals surface area contributed by atoms with Gasteiger partial charge in [-0.3, -0.25) is 4.79 Å². The van der Waals surface area contributed by atoms with Crippen LogP contribution in [0.25, 0.3) is 0 Å². The number of hydrogen-bond donors (Lipinski definition) is 0. The van der Waals surface area contributed by atoms with Gasteiger partial charge in [-0.25, -0.2) is 9.97 Å². The van der Waals surface area contributed by atoms with Crippen molar-refractivity contribution in [3.05, 3.63) is 18.0 Å². The van der Waals surface area contributed by atoms with Gasteiger partial charge in [0.15, 0.2) is 0 Å². The van der Waals surface area contributed by atoms with Gasteiger partial charge >= 0.3 is 0 Å². The molecule has 5 rings (SSSR count). The Morgan fingerprint density at radius 3 is 2.12 bits per heavy atom. The van der Waals surface area contributed by atoms with E-state index in [1.807, 2.05) is 13.8 Å². The molecule has 4 fully saturated rings. The van der Waals surface area contributed by atoms with Crippen molar-refractivity contribution in [2.24, 2.45) is 17.8 Å². The highest BCUT2D eigenvalue weighted by Gasteiger charge is 2.40. The van der Waals surface area contributed by atoms with Gasteiger partial charge in [-0.2, -0.15) is 0 Å². The molecular formula is C27H43N5O. The molecule has 4 aliphatic rings. The van der Waals surface area contributed by atoms with Crippen molar-refractivity contribution in [1.82, 2.24) is 19.8 Å². The van der Waals surface area contributed by atoms with Gasteiger partial charge in [0, 0.05) is 55.9 Å². The third kappa shape index (κ3) is 5.12. The molecule has 1 aliphatic carbocycles. The number of hydrogen-bond acceptors (Lipinski definition) is 6. The molecule has 2 unspecified atom stereocenters. The summed E-state index contributed by atoms with van der Waals surface area (Å²) in [6.07, 6.45) is 13.9. The van der Waals surface area contributed by atoms with Crippen molar-refractivity contribution in [2.45, 2.75) is 83.2 Å². The standard InChI is InChI=1S/C27H43N5O/c1-19(2)26(33)22-6-4-20(5-7-22)16-31-12-10-21(11-13-31)23-14-28-27(29-15-23)32-24-8-9-25(32)18-30(3)17-24/h14-15,19-22,24-25H,4-13,16-18H2,1-3H3/t20-,22+,24?,25?. The lowest BCUT2D eigenvalue weighted by atomic mass is 9.77. The minimum Gasteiger partial charge on any atom is -0.332 e. The lowest BCUT2D eigenvalue weighted by molar-refractivity contribution is -0.127. The van der Waals surface area contributed by atoms with Gasteiger partial charge < -0.3 is 14.7 Å². The number of likely N-dealkylation sites (N-methyl/N-ethyl adjacent to an activating group) is 1. The van der Waals surface area contributed by atoms with Crippen molar-refractivity contribution in [3.8, 4) is 0 Å². The molecule has 1 aromatic rings. The molecule has 0 N–H and O–H groups in total. The van der Waals surface area contributed by atoms with Crippen LogP contribution in [0.15, 0.2) is 12.4 Å². The van der Waals surface area contributed by atoms with Gasteiger partial charge in [0.2, 0.25) is 5.95 Å². The number of aromatic nitrogens is 2. The van der Waals surface area contributed by atoms with Gasteiger partial charge in [0.25, 0.3) is 0 Å². The Balaban J connectivity index is 1.08. The second kappa shape index (κ2) is 9.99. The third-order valence-electron chi connectivity index (χ3n) is 8.95. The molecule has 6 heteroatoms. The lowest BCUT2D eigenvalue weighted by Gasteiger charge is -2.39. The smallest absolute Gasteiger partial charge is 0.225 e. The highest BCUT2D eigenvalue weighted by Crippen LogP contribution is 2.35. The summed E-state index contributed by atoms with van der Waals surface area (Å²) in [5.74, 6) is 3.33. The van der Waals surface area contributed by atoms with Crippen LogP contribution < -0.4 is 4.90 Å². The minimum atomic E-state index is 0.195. The summed E-state index contributed by atoms with van der Waals surface area (Å²) in [5, 5.41) is 0. The molecule has 0 aromatic carbocycles. The van der Waals surface area contributed by atoms with E-state index >= 15 is 0 Å². The van der Waals surface area contributed by atoms with Crippen LogP contribution in [0.4, 0.5) is 5.95 Å². The number of Topliss-reactive ketones (excluding diaryl/α,β-unsaturated/α-hetero) is 1. The molecule has 33 heavy (non-hydrogen) atoms. The number of likely N-dealkylation sites (tertiary alicyclic amines) is 2. The molecule has 0 amide bonds. The van der Waals surface area contributed by atoms with Gasteiger partial charge in [-0.1, -0.05) is 13.8 Å². The summed E-state index contributed by atoms with van der Waals surface area (Å²) >= 11 is 0. The molecule has 2 atom stereocenters. The summed E-state index contributed by atoms with van der Waals surface area (Å²) in [4.78, 5) is 29.6. The van der Waals surface area contributed by atoms with Crippen molar-refractivity contribution < 1.29 is 4.79 Å². The Hall–Kier alpha value is -1.53. The zero-order valence-electron chi connectivity index (χ0n) is 21.0. The van der Waals surface area contributed by atoms with Gasteiger partial charge in [0.1, 0.15) is 5.78 Å². The van der Waals surface area contributed by atoms with Crippen molar-refractivity contribution in [2.75, 3.05) is 44.7 Å². The van der Waals surface area contributed by atoms with Gasteiger partial charge in [-0.05, 0) is 88.9 Å². The maximum atomic E-state index is 12.3. The van der Waals surface area contributed by atoms with Crippen molar-refractivity contribution in [1.29, 1.82) is 0 Å². The summed E-state index contributed by atoms with van der Waals surface area (Å²) in [7, 11) is 2.23. The molecule has 182 valence electrons. The summed E-state index contributed by atoms with van der Waals surface area (Å²) in [5.41, 5.74) is 1.33. The Morgan fingerprint density at radius 1 is 0.939 bits per heavy atom. The number of carbonyl (C=O) groups excluding carboxylic acids is 1. The molecular weight excluding hydrogens is 410 g/mol. The van der Waals surface area contributed by atoms with Crippen LogP contribution in [-0.2, 0) is 4.79 Å². The van der Waals surface area contributed by atoms with E-state index in [1.165, 1.54) is 63.7 Å². The minimum absolute atomic E-state index is 0.195. The normalized spacial score (nSPS) is 31.9. The summed E-state index contributed by atoms with van der Waals surface area (Å²) in [6, 6.07) is 1.17. The maximum Gasteiger partial charge on any atom is 0.225 e. The molecule has 3 aliphatic heterocycles. The number of piperazine rings is 1. The van der Waals surface area contributed by atoms with Crippen molar-refractivity contribution in [3.63, 3.8) is 0 Å². The number of ketones is 1. The van der Waals surface area contributed by atoms with E-state index in [0.717, 1.165) is 37.8 Å². The Morgan fingerprint density at radius 2 is 1.55 bits per heavy atom. The Bertz CT molecular complexity index is 781. The number of carbonyl (C=O) groups is 1. The first-order valence-corrected chi connectivity index (χ1v) is 13.5. The van der Waals surface area contributed by atoms with Crippen LogP contribution in [0.5, 0.6) is 0 Å². The van der Waals surface area contributed by atoms with Crippen LogP contribution >= 0.6 is 0 Å². The zero-order valence-corrected chi connectivity index (χ0v) is 21.0. The second-order valence-electron chi connectivity index (χ2n) is 11.7. The molecule has 0 spiro atoms. The first-order chi connectivity index (χ1) is 16.0. The monoisotopic (exact) mass is 453 g/mol. The maximum absolute atomic E-state index is 12.3. The molecule has 3 saturated heterocycles. The SMILES string of the molecule is CC(C)C(=O)[C@H]1CC[C@@H](CN2CCC(c3cnc(N4C5CCC4CN(C)C5)nc3)CC2)CC1. The van der Waals surface area contributed by atoms with Crippen LogP contribution in [0.2, 0.25) is 0 Å². The fraction of sp³-hybridized carbons (Fsp3) is 0.815. The average Bonchev–Trinajstić information content (AvgIpc) is 3.10. The number of piperidine rings is 1. The van der Waals surface area contributed by atoms with E-state index in [2.05, 4.69) is 34.1 Å². The topological polar surface area (TPSA) is 52.6 Å². The summed E-state index contributed by atoms with van der Waals surface area (Å²) < 4.78 is 0. The summed E-state index contributed by atoms with van der Waals surface area (Å²) in [6.45, 7) is 9.95. The fourth-order valence-corrected chi connectivity index (χ4v) is 7.03. The highest BCUT2D eigenvalue weighted by atomic mass is 16.1. The number of rotatable bonds is 6. The van der Waals surface area contributed by atoms with E-state index in [4.69, 9.17) is 9.97 Å². The predicted molar refractivity (Wildman–Crippen MR) is 133 cm³/mol. The van der Waals surface area contributed by atoms with Crippen LogP contribution in [0.1, 0.15) is 76.7 Å². The molecule has 1 aromatic heterocycles. The largest absolute Gasteiger partial charge is 0.332 e. The average molecular weight is 454 g/mol. The quantitative estimate of drug-likeness (QED) is 0.650. The van der Waals surface area contributed by atoms with Crippen LogP contribution in [0, 0.1) is 17.8 Å². The third-order valence-corrected chi connectivity index (χ3v) is 8.95. The van der Waals surface area contributed by atoms with Gasteiger partial charge in [-0.15, -0.1) is 0 Å². The number of fused-ring (bicyclic) bond motifs is 2. The molecule has 2 bridgehead atoms. The fourth-order valence-electron chi connectivity index (χ4n) is 7.03. The highest BCUT2D eigenvalue weighted by molar-refractivity contribution is 5.82. The molecule has 1 saturated carbocycles. The molecule has 0 radical (unpaired) electrons. The van der Waals surface area contributed by atoms with E-state index in [-0.39, 0.29) is 5.92 Å². The van der Waals surface area contributed by atoms with E-state index in [0.29, 0.717) is 29.7 Å². The predicted octanol–water partition coefficient (Wildman–Crippen LogP) is 3.97. The number of nitrogens with zero attached hydrogens (tertiary/aromatic N) is 5. The number of anilines is 1. The van der Waals surface area contributed by atoms with Crippen LogP contribution in [0.3, 0.4) is 0 Å². The lowest BCUT2D eigenvalue weighted by Crippen LogP contribution is -2.53. The van der Waals surface area contributed by atoms with Crippen molar-refractivity contribution >= 4 is 11.7 Å². The molecule has 4 heterocycles. The first kappa shape index (κ1) is 23.2. The van der Waals surface area contributed by atoms with E-state index in [9.17, 15) is 4.79 Å². The Kier molecular flexibility index (Phi) is 7.03. The first-order valence-electron chi connectivity index (χ1n) is 13.5. The second-order valence-corrected chi connectivity index (χ2v) is 11.7. The van der Waals surface area contributed by atoms with Gasteiger partial charge in [0.05, 0.1) is 0 Å². The zero-order chi connectivity index (χ0) is 22.9. The van der Waals surface area contributed by atoms with E-state index < -0.39 is 0 Å². The Labute approximate surface area is 200 Å². The van der Waals surface area contributed by atoms with E-state index in [1.54, 1.807) is 0 Å². The molecule has 6 nitrogen and oxygen atoms in total. The van der Waals surface area contributed by atoms with Crippen LogP contribution in [-0.4, -0.2) is 77.4 Å².